The maximum Gasteiger partial charge on any atom is 0.267 e. The van der Waals surface area contributed by atoms with Gasteiger partial charge in [0.05, 0.1) is 5.02 Å². The molecular formula is C14H13ClN2OS. The predicted molar refractivity (Wildman–Crippen MR) is 80.5 cm³/mol. The first kappa shape index (κ1) is 12.5. The summed E-state index contributed by atoms with van der Waals surface area (Å²) in [5.41, 5.74) is 3.23. The largest absolute Gasteiger partial charge is 0.385 e. The van der Waals surface area contributed by atoms with Gasteiger partial charge in [0.15, 0.2) is 0 Å². The van der Waals surface area contributed by atoms with E-state index in [1.807, 2.05) is 23.6 Å². The smallest absolute Gasteiger partial charge is 0.267 e. The summed E-state index contributed by atoms with van der Waals surface area (Å²) in [7, 11) is 0. The Morgan fingerprint density at radius 2 is 2.26 bits per heavy atom. The van der Waals surface area contributed by atoms with Crippen molar-refractivity contribution >= 4 is 40.2 Å². The Morgan fingerprint density at radius 3 is 3.05 bits per heavy atom. The number of aryl methyl sites for hydroxylation is 1. The average Bonchev–Trinajstić information content (AvgIpc) is 2.85. The zero-order valence-corrected chi connectivity index (χ0v) is 11.8. The van der Waals surface area contributed by atoms with Crippen LogP contribution in [0.2, 0.25) is 5.02 Å². The molecule has 1 aromatic carbocycles. The summed E-state index contributed by atoms with van der Waals surface area (Å²) in [4.78, 5) is 12.6. The van der Waals surface area contributed by atoms with Gasteiger partial charge in [-0.15, -0.1) is 11.3 Å². The molecule has 0 atom stereocenters. The molecule has 2 aromatic rings. The number of rotatable bonds is 2. The highest BCUT2D eigenvalue weighted by Crippen LogP contribution is 2.27. The van der Waals surface area contributed by atoms with Crippen molar-refractivity contribution in [1.82, 2.24) is 0 Å². The van der Waals surface area contributed by atoms with Gasteiger partial charge >= 0.3 is 0 Å². The van der Waals surface area contributed by atoms with Crippen LogP contribution in [0.25, 0.3) is 0 Å². The number of anilines is 2. The first-order valence-corrected chi connectivity index (χ1v) is 7.41. The summed E-state index contributed by atoms with van der Waals surface area (Å²) in [6.45, 7) is 1.02. The lowest BCUT2D eigenvalue weighted by molar-refractivity contribution is 0.103. The predicted octanol–water partition coefficient (Wildman–Crippen LogP) is 4.01. The molecule has 0 saturated heterocycles. The molecule has 1 aromatic heterocycles. The van der Waals surface area contributed by atoms with Crippen LogP contribution >= 0.6 is 22.9 Å². The topological polar surface area (TPSA) is 41.1 Å². The molecule has 0 radical (unpaired) electrons. The molecule has 0 spiro atoms. The number of carbonyl (C=O) groups is 1. The fourth-order valence-electron chi connectivity index (χ4n) is 2.20. The summed E-state index contributed by atoms with van der Waals surface area (Å²) in [5, 5.41) is 8.56. The van der Waals surface area contributed by atoms with Crippen molar-refractivity contribution in [3.05, 3.63) is 45.1 Å². The van der Waals surface area contributed by atoms with Gasteiger partial charge in [-0.2, -0.15) is 0 Å². The lowest BCUT2D eigenvalue weighted by atomic mass is 10.0. The van der Waals surface area contributed by atoms with E-state index in [1.165, 1.54) is 22.6 Å². The van der Waals surface area contributed by atoms with E-state index in [0.29, 0.717) is 9.90 Å². The van der Waals surface area contributed by atoms with Crippen LogP contribution in [-0.4, -0.2) is 12.5 Å². The van der Waals surface area contributed by atoms with Crippen molar-refractivity contribution in [2.24, 2.45) is 0 Å². The quantitative estimate of drug-likeness (QED) is 0.878. The van der Waals surface area contributed by atoms with Crippen molar-refractivity contribution in [3.8, 4) is 0 Å². The first-order valence-electron chi connectivity index (χ1n) is 6.15. The number of hydrogen-bond acceptors (Lipinski definition) is 3. The van der Waals surface area contributed by atoms with E-state index < -0.39 is 0 Å². The van der Waals surface area contributed by atoms with Gasteiger partial charge < -0.3 is 10.6 Å². The minimum absolute atomic E-state index is 0.149. The van der Waals surface area contributed by atoms with Gasteiger partial charge in [0, 0.05) is 17.9 Å². The lowest BCUT2D eigenvalue weighted by Gasteiger charge is -2.18. The SMILES string of the molecule is O=C(Nc1ccc2c(c1)CCCN2)c1sccc1Cl. The zero-order valence-electron chi connectivity index (χ0n) is 10.2. The number of fused-ring (bicyclic) bond motifs is 1. The van der Waals surface area contributed by atoms with E-state index in [9.17, 15) is 4.79 Å². The van der Waals surface area contributed by atoms with Gasteiger partial charge in [-0.25, -0.2) is 0 Å². The lowest BCUT2D eigenvalue weighted by Crippen LogP contribution is -2.14. The Balaban J connectivity index is 1.80. The molecule has 3 nitrogen and oxygen atoms in total. The molecule has 5 heteroatoms. The third-order valence-corrected chi connectivity index (χ3v) is 4.47. The number of hydrogen-bond donors (Lipinski definition) is 2. The van der Waals surface area contributed by atoms with Gasteiger partial charge in [-0.1, -0.05) is 11.6 Å². The summed E-state index contributed by atoms with van der Waals surface area (Å²) < 4.78 is 0. The molecule has 1 aliphatic heterocycles. The molecule has 3 rings (SSSR count). The van der Waals surface area contributed by atoms with Gasteiger partial charge in [-0.3, -0.25) is 4.79 Å². The van der Waals surface area contributed by atoms with Crippen LogP contribution in [0.15, 0.2) is 29.6 Å². The Hall–Kier alpha value is -1.52. The Bertz CT molecular complexity index is 624. The van der Waals surface area contributed by atoms with Crippen LogP contribution in [-0.2, 0) is 6.42 Å². The van der Waals surface area contributed by atoms with Crippen molar-refractivity contribution < 1.29 is 4.79 Å². The van der Waals surface area contributed by atoms with Crippen molar-refractivity contribution in [1.29, 1.82) is 0 Å². The molecule has 2 N–H and O–H groups in total. The first-order chi connectivity index (χ1) is 9.24. The molecule has 0 saturated carbocycles. The number of carbonyl (C=O) groups excluding carboxylic acids is 1. The maximum absolute atomic E-state index is 12.1. The summed E-state index contributed by atoms with van der Waals surface area (Å²) >= 11 is 7.31. The second kappa shape index (κ2) is 5.23. The van der Waals surface area contributed by atoms with Crippen LogP contribution in [0, 0.1) is 0 Å². The third-order valence-electron chi connectivity index (χ3n) is 3.12. The Morgan fingerprint density at radius 1 is 1.37 bits per heavy atom. The van der Waals surface area contributed by atoms with E-state index in [2.05, 4.69) is 10.6 Å². The highest BCUT2D eigenvalue weighted by atomic mass is 35.5. The van der Waals surface area contributed by atoms with E-state index in [0.717, 1.165) is 25.1 Å². The molecule has 2 heterocycles. The molecule has 0 bridgehead atoms. The maximum atomic E-state index is 12.1. The number of amides is 1. The highest BCUT2D eigenvalue weighted by molar-refractivity contribution is 7.12. The number of halogens is 1. The standard InChI is InChI=1S/C14H13ClN2OS/c15-11-5-7-19-13(11)14(18)17-10-3-4-12-9(8-10)2-1-6-16-12/h3-5,7-8,16H,1-2,6H2,(H,17,18). The fraction of sp³-hybridized carbons (Fsp3) is 0.214. The molecule has 19 heavy (non-hydrogen) atoms. The molecule has 1 aliphatic rings. The molecule has 0 fully saturated rings. The van der Waals surface area contributed by atoms with Gasteiger partial charge in [0.1, 0.15) is 4.88 Å². The normalized spacial score (nSPS) is 13.5. The van der Waals surface area contributed by atoms with Crippen LogP contribution < -0.4 is 10.6 Å². The third kappa shape index (κ3) is 2.60. The van der Waals surface area contributed by atoms with Crippen LogP contribution in [0.3, 0.4) is 0 Å². The van der Waals surface area contributed by atoms with Crippen LogP contribution in [0.4, 0.5) is 11.4 Å². The number of thiophene rings is 1. The monoisotopic (exact) mass is 292 g/mol. The van der Waals surface area contributed by atoms with E-state index in [1.54, 1.807) is 6.07 Å². The zero-order chi connectivity index (χ0) is 13.2. The summed E-state index contributed by atoms with van der Waals surface area (Å²) in [5.74, 6) is -0.149. The summed E-state index contributed by atoms with van der Waals surface area (Å²) in [6, 6.07) is 7.69. The van der Waals surface area contributed by atoms with Crippen molar-refractivity contribution in [2.45, 2.75) is 12.8 Å². The molecule has 1 amide bonds. The van der Waals surface area contributed by atoms with Crippen molar-refractivity contribution in [3.63, 3.8) is 0 Å². The second-order valence-corrected chi connectivity index (χ2v) is 5.78. The minimum atomic E-state index is -0.149. The minimum Gasteiger partial charge on any atom is -0.385 e. The molecular weight excluding hydrogens is 280 g/mol. The summed E-state index contributed by atoms with van der Waals surface area (Å²) in [6.07, 6.45) is 2.17. The van der Waals surface area contributed by atoms with Crippen molar-refractivity contribution in [2.75, 3.05) is 17.2 Å². The fourth-order valence-corrected chi connectivity index (χ4v) is 3.23. The Kier molecular flexibility index (Phi) is 3.44. The van der Waals surface area contributed by atoms with E-state index >= 15 is 0 Å². The van der Waals surface area contributed by atoms with Crippen LogP contribution in [0.1, 0.15) is 21.7 Å². The second-order valence-electron chi connectivity index (χ2n) is 4.45. The number of benzene rings is 1. The molecule has 0 unspecified atom stereocenters. The average molecular weight is 293 g/mol. The number of nitrogens with one attached hydrogen (secondary N) is 2. The van der Waals surface area contributed by atoms with E-state index in [-0.39, 0.29) is 5.91 Å². The molecule has 0 aliphatic carbocycles. The van der Waals surface area contributed by atoms with Gasteiger partial charge in [-0.05, 0) is 48.1 Å². The van der Waals surface area contributed by atoms with Gasteiger partial charge in [0.25, 0.3) is 5.91 Å². The highest BCUT2D eigenvalue weighted by Gasteiger charge is 2.14. The van der Waals surface area contributed by atoms with E-state index in [4.69, 9.17) is 11.6 Å². The molecule has 98 valence electrons. The Labute approximate surface area is 120 Å². The van der Waals surface area contributed by atoms with Crippen LogP contribution in [0.5, 0.6) is 0 Å². The van der Waals surface area contributed by atoms with Gasteiger partial charge in [0.2, 0.25) is 0 Å².